The Labute approximate surface area is 182 Å². The summed E-state index contributed by atoms with van der Waals surface area (Å²) >= 11 is 1.29. The molecule has 0 spiro atoms. The predicted molar refractivity (Wildman–Crippen MR) is 120 cm³/mol. The number of benzene rings is 2. The fraction of sp³-hybridized carbons (Fsp3) is 0.375. The van der Waals surface area contributed by atoms with Gasteiger partial charge in [-0.25, -0.2) is 4.79 Å². The number of nitrogens with zero attached hydrogens (tertiary/aromatic N) is 1. The summed E-state index contributed by atoms with van der Waals surface area (Å²) in [5.74, 6) is -0.553. The van der Waals surface area contributed by atoms with Gasteiger partial charge < -0.3 is 9.64 Å². The van der Waals surface area contributed by atoms with Gasteiger partial charge in [0.15, 0.2) is 12.4 Å². The number of rotatable bonds is 8. The first kappa shape index (κ1) is 23.7. The number of thioether (sulfide) groups is 1. The number of carbonyl (C=O) groups is 3. The third-order valence-corrected chi connectivity index (χ3v) is 5.94. The van der Waals surface area contributed by atoms with Crippen molar-refractivity contribution in [2.75, 3.05) is 19.4 Å². The molecule has 2 rings (SSSR count). The summed E-state index contributed by atoms with van der Waals surface area (Å²) in [6.45, 7) is 7.07. The zero-order valence-electron chi connectivity index (χ0n) is 18.2. The van der Waals surface area contributed by atoms with Gasteiger partial charge in [0.25, 0.3) is 0 Å². The van der Waals surface area contributed by atoms with Crippen molar-refractivity contribution in [1.82, 2.24) is 4.90 Å². The molecule has 0 saturated heterocycles. The minimum Gasteiger partial charge on any atom is -0.454 e. The molecule has 2 aromatic rings. The Hall–Kier alpha value is -2.60. The van der Waals surface area contributed by atoms with Crippen LogP contribution in [-0.2, 0) is 14.3 Å². The average molecular weight is 428 g/mol. The van der Waals surface area contributed by atoms with E-state index < -0.39 is 11.4 Å². The van der Waals surface area contributed by atoms with Crippen molar-refractivity contribution in [3.8, 4) is 0 Å². The molecule has 0 aromatic heterocycles. The second-order valence-corrected chi connectivity index (χ2v) is 9.14. The normalized spacial score (nSPS) is 12.2. The first-order chi connectivity index (χ1) is 14.1. The van der Waals surface area contributed by atoms with Gasteiger partial charge in [0.05, 0.1) is 17.4 Å². The summed E-state index contributed by atoms with van der Waals surface area (Å²) in [7, 11) is 1.78. The number of ketones is 1. The molecule has 0 radical (unpaired) electrons. The molecule has 0 bridgehead atoms. The second-order valence-electron chi connectivity index (χ2n) is 8.13. The monoisotopic (exact) mass is 427 g/mol. The van der Waals surface area contributed by atoms with Crippen molar-refractivity contribution >= 4 is 29.4 Å². The molecule has 0 heterocycles. The highest BCUT2D eigenvalue weighted by molar-refractivity contribution is 8.00. The molecule has 6 heteroatoms. The molecule has 1 amide bonds. The summed E-state index contributed by atoms with van der Waals surface area (Å²) in [5.41, 5.74) is 0.850. The van der Waals surface area contributed by atoms with E-state index in [4.69, 9.17) is 4.74 Å². The van der Waals surface area contributed by atoms with Crippen LogP contribution in [-0.4, -0.2) is 42.0 Å². The molecule has 0 N–H and O–H groups in total. The molecule has 30 heavy (non-hydrogen) atoms. The van der Waals surface area contributed by atoms with Crippen LogP contribution in [0, 0.1) is 5.41 Å². The molecule has 160 valence electrons. The lowest BCUT2D eigenvalue weighted by molar-refractivity contribution is -0.129. The maximum Gasteiger partial charge on any atom is 0.339 e. The summed E-state index contributed by atoms with van der Waals surface area (Å²) in [6.07, 6.45) is 0. The van der Waals surface area contributed by atoms with E-state index in [0.29, 0.717) is 10.5 Å². The van der Waals surface area contributed by atoms with E-state index in [9.17, 15) is 14.4 Å². The van der Waals surface area contributed by atoms with Gasteiger partial charge in [-0.05, 0) is 24.6 Å². The zero-order valence-corrected chi connectivity index (χ0v) is 19.0. The number of hydrogen-bond acceptors (Lipinski definition) is 5. The maximum atomic E-state index is 12.7. The number of hydrogen-bond donors (Lipinski definition) is 0. The molecule has 0 fully saturated rings. The van der Waals surface area contributed by atoms with E-state index >= 15 is 0 Å². The number of esters is 1. The molecule has 1 atom stereocenters. The lowest BCUT2D eigenvalue weighted by Crippen LogP contribution is -2.31. The van der Waals surface area contributed by atoms with Crippen LogP contribution in [0.5, 0.6) is 0 Å². The average Bonchev–Trinajstić information content (AvgIpc) is 2.74. The van der Waals surface area contributed by atoms with Crippen LogP contribution in [0.3, 0.4) is 0 Å². The van der Waals surface area contributed by atoms with E-state index in [1.54, 1.807) is 57.0 Å². The van der Waals surface area contributed by atoms with E-state index in [0.717, 1.165) is 5.56 Å². The topological polar surface area (TPSA) is 63.7 Å². The van der Waals surface area contributed by atoms with Gasteiger partial charge >= 0.3 is 5.97 Å². The third kappa shape index (κ3) is 6.46. The quantitative estimate of drug-likeness (QED) is 0.448. The molecule has 0 unspecified atom stereocenters. The molecular weight excluding hydrogens is 398 g/mol. The smallest absolute Gasteiger partial charge is 0.339 e. The van der Waals surface area contributed by atoms with E-state index in [1.165, 1.54) is 11.8 Å². The Kier molecular flexibility index (Phi) is 8.24. The van der Waals surface area contributed by atoms with Gasteiger partial charge in [0.1, 0.15) is 0 Å². The fourth-order valence-corrected chi connectivity index (χ4v) is 3.56. The van der Waals surface area contributed by atoms with E-state index in [2.05, 4.69) is 0 Å². The Morgan fingerprint density at radius 3 is 2.23 bits per heavy atom. The molecule has 5 nitrogen and oxygen atoms in total. The van der Waals surface area contributed by atoms with Gasteiger partial charge in [-0.15, -0.1) is 11.8 Å². The largest absolute Gasteiger partial charge is 0.454 e. The minimum atomic E-state index is -0.568. The Morgan fingerprint density at radius 1 is 1.00 bits per heavy atom. The summed E-state index contributed by atoms with van der Waals surface area (Å²) in [5, 5.41) is 0. The number of Topliss-reactive ketones (excluding diaryl/α,β-unsaturated/α-hetero) is 1. The Bertz CT molecular complexity index is 890. The molecule has 0 aliphatic carbocycles. The van der Waals surface area contributed by atoms with Crippen LogP contribution in [0.15, 0.2) is 59.5 Å². The lowest BCUT2D eigenvalue weighted by atomic mass is 9.91. The van der Waals surface area contributed by atoms with Gasteiger partial charge in [0.2, 0.25) is 5.91 Å². The van der Waals surface area contributed by atoms with Gasteiger partial charge in [0, 0.05) is 17.4 Å². The van der Waals surface area contributed by atoms with Crippen LogP contribution < -0.4 is 0 Å². The Balaban J connectivity index is 2.00. The van der Waals surface area contributed by atoms with Crippen molar-refractivity contribution < 1.29 is 19.1 Å². The van der Waals surface area contributed by atoms with Gasteiger partial charge in [-0.2, -0.15) is 0 Å². The standard InChI is InChI=1S/C24H29NO4S/c1-17(18-11-7-6-8-12-18)25(5)22(27)16-30-20-14-10-9-13-19(20)23(28)29-15-21(26)24(2,3)4/h6-14,17H,15-16H2,1-5H3/t17-/m1/s1. The highest BCUT2D eigenvalue weighted by Crippen LogP contribution is 2.26. The number of amides is 1. The van der Waals surface area contributed by atoms with Crippen LogP contribution >= 0.6 is 11.8 Å². The second kappa shape index (κ2) is 10.4. The molecule has 2 aromatic carbocycles. The van der Waals surface area contributed by atoms with Crippen molar-refractivity contribution in [2.24, 2.45) is 5.41 Å². The SMILES string of the molecule is C[C@H](c1ccccc1)N(C)C(=O)CSc1ccccc1C(=O)OCC(=O)C(C)(C)C. The maximum absolute atomic E-state index is 12.7. The highest BCUT2D eigenvalue weighted by atomic mass is 32.2. The van der Waals surface area contributed by atoms with E-state index in [1.807, 2.05) is 37.3 Å². The van der Waals surface area contributed by atoms with Crippen LogP contribution in [0.1, 0.15) is 49.7 Å². The predicted octanol–water partition coefficient (Wildman–Crippen LogP) is 4.77. The highest BCUT2D eigenvalue weighted by Gasteiger charge is 2.24. The lowest BCUT2D eigenvalue weighted by Gasteiger charge is -2.25. The van der Waals surface area contributed by atoms with Gasteiger partial charge in [-0.3, -0.25) is 9.59 Å². The van der Waals surface area contributed by atoms with Crippen LogP contribution in [0.25, 0.3) is 0 Å². The van der Waals surface area contributed by atoms with Crippen molar-refractivity contribution in [3.05, 3.63) is 65.7 Å². The van der Waals surface area contributed by atoms with Crippen LogP contribution in [0.2, 0.25) is 0 Å². The first-order valence-corrected chi connectivity index (χ1v) is 10.8. The van der Waals surface area contributed by atoms with Crippen LogP contribution in [0.4, 0.5) is 0 Å². The minimum absolute atomic E-state index is 0.0394. The fourth-order valence-electron chi connectivity index (χ4n) is 2.60. The molecule has 0 aliphatic rings. The van der Waals surface area contributed by atoms with Crippen molar-refractivity contribution in [2.45, 2.75) is 38.6 Å². The Morgan fingerprint density at radius 2 is 1.60 bits per heavy atom. The molecular formula is C24H29NO4S. The molecule has 0 aliphatic heterocycles. The third-order valence-electron chi connectivity index (χ3n) is 4.89. The first-order valence-electron chi connectivity index (χ1n) is 9.84. The summed E-state index contributed by atoms with van der Waals surface area (Å²) in [4.78, 5) is 39.5. The zero-order chi connectivity index (χ0) is 22.3. The van der Waals surface area contributed by atoms with Crippen molar-refractivity contribution in [3.63, 3.8) is 0 Å². The molecule has 0 saturated carbocycles. The number of carbonyl (C=O) groups excluding carboxylic acids is 3. The summed E-state index contributed by atoms with van der Waals surface area (Å²) < 4.78 is 5.21. The number of ether oxygens (including phenoxy) is 1. The van der Waals surface area contributed by atoms with E-state index in [-0.39, 0.29) is 30.1 Å². The van der Waals surface area contributed by atoms with Gasteiger partial charge in [-0.1, -0.05) is 63.2 Å². The summed E-state index contributed by atoms with van der Waals surface area (Å²) in [6, 6.07) is 16.7. The van der Waals surface area contributed by atoms with Crippen molar-refractivity contribution in [1.29, 1.82) is 0 Å².